The summed E-state index contributed by atoms with van der Waals surface area (Å²) in [6, 6.07) is 0. The maximum absolute atomic E-state index is 11.0. The lowest BCUT2D eigenvalue weighted by Gasteiger charge is -1.95. The summed E-state index contributed by atoms with van der Waals surface area (Å²) < 4.78 is 0. The van der Waals surface area contributed by atoms with Crippen LogP contribution < -0.4 is 5.32 Å². The molecule has 0 saturated carbocycles. The number of amides is 1. The van der Waals surface area contributed by atoms with Crippen molar-refractivity contribution >= 4 is 34.0 Å². The van der Waals surface area contributed by atoms with Crippen LogP contribution in [0.1, 0.15) is 37.6 Å². The fourth-order valence-electron chi connectivity index (χ4n) is 1.26. The Balaban J connectivity index is 2.30. The zero-order chi connectivity index (χ0) is 11.8. The van der Waals surface area contributed by atoms with Gasteiger partial charge in [-0.15, -0.1) is 21.8 Å². The zero-order valence-corrected chi connectivity index (χ0v) is 10.9. The van der Waals surface area contributed by atoms with Crippen LogP contribution in [0.15, 0.2) is 0 Å². The van der Waals surface area contributed by atoms with E-state index in [-0.39, 0.29) is 11.8 Å². The third-order valence-corrected chi connectivity index (χ3v) is 3.22. The third-order valence-electron chi connectivity index (χ3n) is 2.08. The van der Waals surface area contributed by atoms with Crippen LogP contribution in [-0.4, -0.2) is 22.0 Å². The first kappa shape index (κ1) is 13.4. The van der Waals surface area contributed by atoms with E-state index in [1.165, 1.54) is 30.6 Å². The normalized spacial score (nSPS) is 10.4. The number of aromatic nitrogens is 2. The van der Waals surface area contributed by atoms with Crippen LogP contribution in [0.4, 0.5) is 5.13 Å². The highest BCUT2D eigenvalue weighted by Crippen LogP contribution is 2.17. The van der Waals surface area contributed by atoms with E-state index in [2.05, 4.69) is 22.4 Å². The number of alkyl halides is 1. The Hall–Kier alpha value is -0.680. The number of rotatable bonds is 7. The molecule has 0 aliphatic heterocycles. The summed E-state index contributed by atoms with van der Waals surface area (Å²) in [5.74, 6) is -0.291. The molecule has 0 aliphatic carbocycles. The molecule has 16 heavy (non-hydrogen) atoms. The number of hydrogen-bond acceptors (Lipinski definition) is 4. The van der Waals surface area contributed by atoms with E-state index < -0.39 is 0 Å². The molecule has 90 valence electrons. The number of aryl methyl sites for hydroxylation is 1. The van der Waals surface area contributed by atoms with Gasteiger partial charge in [0, 0.05) is 6.42 Å². The molecule has 1 aromatic heterocycles. The molecular formula is C10H16ClN3OS. The summed E-state index contributed by atoms with van der Waals surface area (Å²) in [7, 11) is 0. The lowest BCUT2D eigenvalue weighted by atomic mass is 10.2. The number of hydrogen-bond donors (Lipinski definition) is 1. The minimum atomic E-state index is -0.240. The monoisotopic (exact) mass is 261 g/mol. The second-order valence-electron chi connectivity index (χ2n) is 3.49. The van der Waals surface area contributed by atoms with Gasteiger partial charge in [-0.05, 0) is 6.42 Å². The third kappa shape index (κ3) is 4.90. The van der Waals surface area contributed by atoms with Crippen LogP contribution >= 0.6 is 22.9 Å². The van der Waals surface area contributed by atoms with E-state index in [0.717, 1.165) is 17.8 Å². The molecule has 1 aromatic rings. The standard InChI is InChI=1S/C10H16ClN3OS/c1-2-3-4-5-6-9-13-14-10(16-9)12-8(15)7-11/h2-7H2,1H3,(H,12,14,15). The minimum Gasteiger partial charge on any atom is -0.299 e. The van der Waals surface area contributed by atoms with Crippen LogP contribution in [0.3, 0.4) is 0 Å². The Labute approximate surface area is 104 Å². The van der Waals surface area contributed by atoms with Crippen molar-refractivity contribution in [2.24, 2.45) is 0 Å². The zero-order valence-electron chi connectivity index (χ0n) is 9.33. The quantitative estimate of drug-likeness (QED) is 0.607. The van der Waals surface area contributed by atoms with Crippen LogP contribution in [0.5, 0.6) is 0 Å². The number of nitrogens with one attached hydrogen (secondary N) is 1. The Morgan fingerprint density at radius 1 is 1.38 bits per heavy atom. The van der Waals surface area contributed by atoms with E-state index >= 15 is 0 Å². The van der Waals surface area contributed by atoms with Gasteiger partial charge in [0.05, 0.1) is 0 Å². The van der Waals surface area contributed by atoms with Gasteiger partial charge in [-0.1, -0.05) is 37.5 Å². The molecule has 4 nitrogen and oxygen atoms in total. The first-order valence-electron chi connectivity index (χ1n) is 5.44. The van der Waals surface area contributed by atoms with Crippen LogP contribution in [0.25, 0.3) is 0 Å². The van der Waals surface area contributed by atoms with Crippen molar-refractivity contribution in [3.05, 3.63) is 5.01 Å². The first-order valence-corrected chi connectivity index (χ1v) is 6.79. The second kappa shape index (κ2) is 7.57. The van der Waals surface area contributed by atoms with Gasteiger partial charge >= 0.3 is 0 Å². The van der Waals surface area contributed by atoms with Crippen LogP contribution in [0, 0.1) is 0 Å². The SMILES string of the molecule is CCCCCCc1nnc(NC(=O)CCl)s1. The van der Waals surface area contributed by atoms with Gasteiger partial charge in [0.2, 0.25) is 11.0 Å². The van der Waals surface area contributed by atoms with Crippen molar-refractivity contribution in [2.45, 2.75) is 39.0 Å². The molecule has 0 aromatic carbocycles. The van der Waals surface area contributed by atoms with Gasteiger partial charge in [-0.2, -0.15) is 0 Å². The van der Waals surface area contributed by atoms with Gasteiger partial charge in [-0.25, -0.2) is 0 Å². The number of unbranched alkanes of at least 4 members (excludes halogenated alkanes) is 3. The molecule has 6 heteroatoms. The van der Waals surface area contributed by atoms with Gasteiger partial charge in [-0.3, -0.25) is 10.1 Å². The molecule has 0 aliphatic rings. The van der Waals surface area contributed by atoms with Crippen molar-refractivity contribution in [3.63, 3.8) is 0 Å². The summed E-state index contributed by atoms with van der Waals surface area (Å²) in [6.07, 6.45) is 5.78. The highest BCUT2D eigenvalue weighted by atomic mass is 35.5. The fourth-order valence-corrected chi connectivity index (χ4v) is 2.13. The molecular weight excluding hydrogens is 246 g/mol. The number of nitrogens with zero attached hydrogens (tertiary/aromatic N) is 2. The summed E-state index contributed by atoms with van der Waals surface area (Å²) in [4.78, 5) is 11.0. The number of anilines is 1. The van der Waals surface area contributed by atoms with Crippen molar-refractivity contribution in [1.82, 2.24) is 10.2 Å². The maximum Gasteiger partial charge on any atom is 0.241 e. The summed E-state index contributed by atoms with van der Waals surface area (Å²) in [5.41, 5.74) is 0. The van der Waals surface area contributed by atoms with E-state index in [0.29, 0.717) is 5.13 Å². The largest absolute Gasteiger partial charge is 0.299 e. The molecule has 0 spiro atoms. The summed E-state index contributed by atoms with van der Waals surface area (Å²) >= 11 is 6.79. The Morgan fingerprint density at radius 2 is 2.19 bits per heavy atom. The molecule has 0 bridgehead atoms. The van der Waals surface area contributed by atoms with Gasteiger partial charge in [0.15, 0.2) is 0 Å². The first-order chi connectivity index (χ1) is 7.76. The molecule has 0 radical (unpaired) electrons. The van der Waals surface area contributed by atoms with E-state index in [4.69, 9.17) is 11.6 Å². The van der Waals surface area contributed by atoms with Gasteiger partial charge in [0.1, 0.15) is 10.9 Å². The topological polar surface area (TPSA) is 54.9 Å². The van der Waals surface area contributed by atoms with E-state index in [9.17, 15) is 4.79 Å². The molecule has 0 saturated heterocycles. The average molecular weight is 262 g/mol. The molecule has 0 unspecified atom stereocenters. The number of carbonyl (C=O) groups excluding carboxylic acids is 1. The number of halogens is 1. The highest BCUT2D eigenvalue weighted by molar-refractivity contribution is 7.15. The predicted molar refractivity (Wildman–Crippen MR) is 67.1 cm³/mol. The molecule has 1 rings (SSSR count). The van der Waals surface area contributed by atoms with Gasteiger partial charge < -0.3 is 0 Å². The molecule has 0 fully saturated rings. The van der Waals surface area contributed by atoms with Crippen LogP contribution in [0.2, 0.25) is 0 Å². The molecule has 1 N–H and O–H groups in total. The smallest absolute Gasteiger partial charge is 0.241 e. The lowest BCUT2D eigenvalue weighted by Crippen LogP contribution is -2.12. The fraction of sp³-hybridized carbons (Fsp3) is 0.700. The highest BCUT2D eigenvalue weighted by Gasteiger charge is 2.06. The predicted octanol–water partition coefficient (Wildman–Crippen LogP) is 2.84. The lowest BCUT2D eigenvalue weighted by molar-refractivity contribution is -0.113. The molecule has 0 atom stereocenters. The summed E-state index contributed by atoms with van der Waals surface area (Å²) in [6.45, 7) is 2.19. The van der Waals surface area contributed by atoms with Gasteiger partial charge in [0.25, 0.3) is 0 Å². The Bertz CT molecular complexity index is 330. The van der Waals surface area contributed by atoms with Crippen molar-refractivity contribution in [3.8, 4) is 0 Å². The number of carbonyl (C=O) groups is 1. The molecule has 1 amide bonds. The van der Waals surface area contributed by atoms with E-state index in [1.807, 2.05) is 0 Å². The second-order valence-corrected chi connectivity index (χ2v) is 4.82. The van der Waals surface area contributed by atoms with Crippen LogP contribution in [-0.2, 0) is 11.2 Å². The van der Waals surface area contributed by atoms with Crippen molar-refractivity contribution < 1.29 is 4.79 Å². The van der Waals surface area contributed by atoms with Crippen molar-refractivity contribution in [1.29, 1.82) is 0 Å². The average Bonchev–Trinajstić information content (AvgIpc) is 2.72. The Kier molecular flexibility index (Phi) is 6.33. The molecule has 1 heterocycles. The van der Waals surface area contributed by atoms with E-state index in [1.54, 1.807) is 0 Å². The summed E-state index contributed by atoms with van der Waals surface area (Å²) in [5, 5.41) is 12.0. The maximum atomic E-state index is 11.0. The minimum absolute atomic E-state index is 0.0502. The Morgan fingerprint density at radius 3 is 2.88 bits per heavy atom. The van der Waals surface area contributed by atoms with Crippen molar-refractivity contribution in [2.75, 3.05) is 11.2 Å².